The third kappa shape index (κ3) is 2.69. The topological polar surface area (TPSA) is 32.3 Å². The highest BCUT2D eigenvalue weighted by Gasteiger charge is 2.36. The highest BCUT2D eigenvalue weighted by Crippen LogP contribution is 2.28. The van der Waals surface area contributed by atoms with Crippen molar-refractivity contribution in [2.45, 2.75) is 37.9 Å². The fourth-order valence-electron chi connectivity index (χ4n) is 3.63. The summed E-state index contributed by atoms with van der Waals surface area (Å²) in [6, 6.07) is 11.4. The number of rotatable bonds is 4. The lowest BCUT2D eigenvalue weighted by molar-refractivity contribution is -0.129. The van der Waals surface area contributed by atoms with Crippen LogP contribution in [-0.2, 0) is 24.2 Å². The second kappa shape index (κ2) is 5.86. The van der Waals surface area contributed by atoms with Gasteiger partial charge in [0.05, 0.1) is 0 Å². The molecule has 1 unspecified atom stereocenters. The molecule has 22 heavy (non-hydrogen) atoms. The number of fused-ring (bicyclic) bond motifs is 1. The van der Waals surface area contributed by atoms with E-state index in [0.29, 0.717) is 18.4 Å². The number of carbonyl (C=O) groups is 1. The van der Waals surface area contributed by atoms with Crippen LogP contribution < -0.4 is 5.32 Å². The first-order valence-electron chi connectivity index (χ1n) is 7.90. The van der Waals surface area contributed by atoms with Crippen LogP contribution in [-0.4, -0.2) is 29.4 Å². The average molecular weight is 312 g/mol. The van der Waals surface area contributed by atoms with Crippen molar-refractivity contribution in [2.24, 2.45) is 0 Å². The Kier molecular flexibility index (Phi) is 3.72. The Balaban J connectivity index is 1.37. The molecule has 1 aromatic carbocycles. The van der Waals surface area contributed by atoms with Crippen LogP contribution in [0, 0.1) is 0 Å². The van der Waals surface area contributed by atoms with E-state index >= 15 is 0 Å². The predicted molar refractivity (Wildman–Crippen MR) is 88.9 cm³/mol. The number of hydrogen-bond acceptors (Lipinski definition) is 3. The number of likely N-dealkylation sites (tertiary alicyclic amines) is 1. The van der Waals surface area contributed by atoms with E-state index in [4.69, 9.17) is 0 Å². The van der Waals surface area contributed by atoms with E-state index in [0.717, 1.165) is 25.9 Å². The van der Waals surface area contributed by atoms with E-state index in [1.807, 2.05) is 0 Å². The van der Waals surface area contributed by atoms with E-state index in [-0.39, 0.29) is 6.04 Å². The van der Waals surface area contributed by atoms with Crippen molar-refractivity contribution >= 4 is 17.2 Å². The number of thiophene rings is 1. The first kappa shape index (κ1) is 14.0. The molecule has 0 spiro atoms. The summed E-state index contributed by atoms with van der Waals surface area (Å²) in [4.78, 5) is 14.5. The van der Waals surface area contributed by atoms with E-state index in [9.17, 15) is 4.79 Å². The van der Waals surface area contributed by atoms with E-state index in [1.165, 1.54) is 16.7 Å². The lowest BCUT2D eigenvalue weighted by atomic mass is 10.1. The maximum Gasteiger partial charge on any atom is 0.224 e. The summed E-state index contributed by atoms with van der Waals surface area (Å²) in [6.07, 6.45) is 2.66. The minimum absolute atomic E-state index is 0.288. The molecule has 2 heterocycles. The Bertz CT molecular complexity index is 642. The maximum atomic E-state index is 12.4. The number of benzene rings is 1. The molecule has 2 aliphatic rings. The quantitative estimate of drug-likeness (QED) is 0.941. The summed E-state index contributed by atoms with van der Waals surface area (Å²) in [7, 11) is 0. The molecule has 1 saturated heterocycles. The van der Waals surface area contributed by atoms with Gasteiger partial charge in [-0.05, 0) is 46.4 Å². The summed E-state index contributed by atoms with van der Waals surface area (Å²) >= 11 is 1.72. The summed E-state index contributed by atoms with van der Waals surface area (Å²) in [5.41, 5.74) is 4.13. The minimum Gasteiger partial charge on any atom is -0.337 e. The van der Waals surface area contributed by atoms with Gasteiger partial charge in [-0.25, -0.2) is 0 Å². The molecule has 1 fully saturated rings. The Labute approximate surface area is 135 Å². The molecule has 0 bridgehead atoms. The normalized spacial score (nSPS) is 21.5. The lowest BCUT2D eigenvalue weighted by Crippen LogP contribution is -2.39. The Morgan fingerprint density at radius 3 is 2.59 bits per heavy atom. The van der Waals surface area contributed by atoms with E-state index < -0.39 is 0 Å². The standard InChI is InChI=1S/C18H20N2OS/c21-18-9-16(19-10-13-5-6-22-12-13)11-20(18)17-7-14-3-1-2-4-15(14)8-17/h1-6,12,16-17,19H,7-11H2. The lowest BCUT2D eigenvalue weighted by Gasteiger charge is -2.24. The molecular formula is C18H20N2OS. The summed E-state index contributed by atoms with van der Waals surface area (Å²) in [5, 5.41) is 7.79. The zero-order valence-corrected chi connectivity index (χ0v) is 13.3. The molecule has 1 aromatic heterocycles. The van der Waals surface area contributed by atoms with Gasteiger partial charge in [0.25, 0.3) is 0 Å². The molecule has 1 N–H and O–H groups in total. The van der Waals surface area contributed by atoms with Crippen LogP contribution in [0.2, 0.25) is 0 Å². The Hall–Kier alpha value is -1.65. The molecule has 2 aromatic rings. The molecule has 4 heteroatoms. The van der Waals surface area contributed by atoms with Crippen LogP contribution in [0.3, 0.4) is 0 Å². The van der Waals surface area contributed by atoms with Gasteiger partial charge >= 0.3 is 0 Å². The highest BCUT2D eigenvalue weighted by atomic mass is 32.1. The van der Waals surface area contributed by atoms with Crippen LogP contribution >= 0.6 is 11.3 Å². The summed E-state index contributed by atoms with van der Waals surface area (Å²) < 4.78 is 0. The number of carbonyl (C=O) groups excluding carboxylic acids is 1. The monoisotopic (exact) mass is 312 g/mol. The SMILES string of the molecule is O=C1CC(NCc2ccsc2)CN1C1Cc2ccccc2C1. The third-order valence-electron chi connectivity index (χ3n) is 4.80. The van der Waals surface area contributed by atoms with Gasteiger partial charge in [-0.3, -0.25) is 4.79 Å². The second-order valence-electron chi connectivity index (χ2n) is 6.29. The second-order valence-corrected chi connectivity index (χ2v) is 7.07. The van der Waals surface area contributed by atoms with Crippen molar-refractivity contribution < 1.29 is 4.79 Å². The Morgan fingerprint density at radius 1 is 1.14 bits per heavy atom. The van der Waals surface area contributed by atoms with Crippen molar-refractivity contribution in [3.8, 4) is 0 Å². The van der Waals surface area contributed by atoms with Gasteiger partial charge in [0.2, 0.25) is 5.91 Å². The van der Waals surface area contributed by atoms with Gasteiger partial charge in [-0.1, -0.05) is 24.3 Å². The van der Waals surface area contributed by atoms with Gasteiger partial charge < -0.3 is 10.2 Å². The molecule has 4 rings (SSSR count). The van der Waals surface area contributed by atoms with Crippen LogP contribution in [0.25, 0.3) is 0 Å². The number of hydrogen-bond donors (Lipinski definition) is 1. The maximum absolute atomic E-state index is 12.4. The molecule has 3 nitrogen and oxygen atoms in total. The van der Waals surface area contributed by atoms with Gasteiger partial charge in [-0.2, -0.15) is 11.3 Å². The smallest absolute Gasteiger partial charge is 0.224 e. The zero-order chi connectivity index (χ0) is 14.9. The number of nitrogens with zero attached hydrogens (tertiary/aromatic N) is 1. The van der Waals surface area contributed by atoms with E-state index in [1.54, 1.807) is 11.3 Å². The molecule has 114 valence electrons. The molecule has 1 aliphatic heterocycles. The largest absolute Gasteiger partial charge is 0.337 e. The van der Waals surface area contributed by atoms with Crippen molar-refractivity contribution in [3.05, 3.63) is 57.8 Å². The van der Waals surface area contributed by atoms with Crippen LogP contribution in [0.1, 0.15) is 23.1 Å². The van der Waals surface area contributed by atoms with E-state index in [2.05, 4.69) is 51.3 Å². The van der Waals surface area contributed by atoms with Crippen LogP contribution in [0.5, 0.6) is 0 Å². The molecule has 1 aliphatic carbocycles. The van der Waals surface area contributed by atoms with Gasteiger partial charge in [0, 0.05) is 31.6 Å². The van der Waals surface area contributed by atoms with Crippen LogP contribution in [0.4, 0.5) is 0 Å². The number of amides is 1. The first-order chi connectivity index (χ1) is 10.8. The molecule has 0 radical (unpaired) electrons. The van der Waals surface area contributed by atoms with Crippen molar-refractivity contribution in [2.75, 3.05) is 6.54 Å². The Morgan fingerprint density at radius 2 is 1.91 bits per heavy atom. The predicted octanol–water partition coefficient (Wildman–Crippen LogP) is 2.61. The van der Waals surface area contributed by atoms with Gasteiger partial charge in [-0.15, -0.1) is 0 Å². The fraction of sp³-hybridized carbons (Fsp3) is 0.389. The molecule has 1 atom stereocenters. The minimum atomic E-state index is 0.288. The van der Waals surface area contributed by atoms with Crippen molar-refractivity contribution in [1.82, 2.24) is 10.2 Å². The average Bonchev–Trinajstić information content (AvgIpc) is 3.24. The fourth-order valence-corrected chi connectivity index (χ4v) is 4.30. The number of nitrogens with one attached hydrogen (secondary N) is 1. The zero-order valence-electron chi connectivity index (χ0n) is 12.5. The first-order valence-corrected chi connectivity index (χ1v) is 8.84. The van der Waals surface area contributed by atoms with Gasteiger partial charge in [0.1, 0.15) is 0 Å². The molecule has 1 amide bonds. The van der Waals surface area contributed by atoms with Crippen LogP contribution in [0.15, 0.2) is 41.1 Å². The van der Waals surface area contributed by atoms with Crippen molar-refractivity contribution in [3.63, 3.8) is 0 Å². The third-order valence-corrected chi connectivity index (χ3v) is 5.54. The highest BCUT2D eigenvalue weighted by molar-refractivity contribution is 7.07. The van der Waals surface area contributed by atoms with Crippen molar-refractivity contribution in [1.29, 1.82) is 0 Å². The summed E-state index contributed by atoms with van der Waals surface area (Å²) in [5.74, 6) is 0.306. The van der Waals surface area contributed by atoms with Gasteiger partial charge in [0.15, 0.2) is 0 Å². The molecule has 0 saturated carbocycles. The molecular weight excluding hydrogens is 292 g/mol. The summed E-state index contributed by atoms with van der Waals surface area (Å²) in [6.45, 7) is 1.71.